The number of nitrogens with zero attached hydrogens (tertiary/aromatic N) is 2. The van der Waals surface area contributed by atoms with Gasteiger partial charge in [0.15, 0.2) is 0 Å². The van der Waals surface area contributed by atoms with Crippen molar-refractivity contribution in [2.75, 3.05) is 0 Å². The van der Waals surface area contributed by atoms with Crippen molar-refractivity contribution in [2.24, 2.45) is 5.92 Å². The van der Waals surface area contributed by atoms with E-state index in [4.69, 9.17) is 0 Å². The molecule has 0 bridgehead atoms. The Kier molecular flexibility index (Phi) is 5.54. The molecule has 0 unspecified atom stereocenters. The molecule has 1 aliphatic carbocycles. The normalized spacial score (nSPS) is 19.4. The van der Waals surface area contributed by atoms with Crippen molar-refractivity contribution in [1.29, 1.82) is 0 Å². The van der Waals surface area contributed by atoms with E-state index < -0.39 is 0 Å². The van der Waals surface area contributed by atoms with Crippen LogP contribution in [0.1, 0.15) is 43.7 Å². The summed E-state index contributed by atoms with van der Waals surface area (Å²) in [6.07, 6.45) is 6.03. The molecule has 6 heteroatoms. The van der Waals surface area contributed by atoms with Gasteiger partial charge in [-0.25, -0.2) is 4.98 Å². The van der Waals surface area contributed by atoms with E-state index in [1.807, 2.05) is 11.4 Å². The van der Waals surface area contributed by atoms with Crippen LogP contribution in [0.5, 0.6) is 0 Å². The van der Waals surface area contributed by atoms with Crippen LogP contribution in [0.3, 0.4) is 0 Å². The van der Waals surface area contributed by atoms with Crippen LogP contribution in [0.25, 0.3) is 21.3 Å². The fourth-order valence-electron chi connectivity index (χ4n) is 4.14. The lowest BCUT2D eigenvalue weighted by molar-refractivity contribution is -0.123. The Morgan fingerprint density at radius 1 is 1.24 bits per heavy atom. The van der Waals surface area contributed by atoms with Gasteiger partial charge in [-0.2, -0.15) is 0 Å². The summed E-state index contributed by atoms with van der Waals surface area (Å²) in [5.74, 6) is 0.369. The molecule has 5 nitrogen and oxygen atoms in total. The van der Waals surface area contributed by atoms with Crippen molar-refractivity contribution in [2.45, 2.75) is 59.0 Å². The number of benzene rings is 1. The highest BCUT2D eigenvalue weighted by Crippen LogP contribution is 2.31. The number of aromatic nitrogens is 2. The molecular weight excluding hydrogens is 382 g/mol. The summed E-state index contributed by atoms with van der Waals surface area (Å²) in [5, 5.41) is 5.70. The number of carbonyl (C=O) groups is 1. The van der Waals surface area contributed by atoms with Crippen LogP contribution in [0, 0.1) is 19.8 Å². The molecule has 4 rings (SSSR count). The quantitative estimate of drug-likeness (QED) is 0.693. The molecule has 2 atom stereocenters. The summed E-state index contributed by atoms with van der Waals surface area (Å²) >= 11 is 1.46. The zero-order valence-corrected chi connectivity index (χ0v) is 18.0. The van der Waals surface area contributed by atoms with E-state index in [1.54, 1.807) is 0 Å². The molecule has 1 fully saturated rings. The summed E-state index contributed by atoms with van der Waals surface area (Å²) in [7, 11) is 0. The zero-order valence-electron chi connectivity index (χ0n) is 17.2. The molecule has 0 saturated heterocycles. The molecule has 2 aromatic heterocycles. The number of rotatable bonds is 4. The second-order valence-electron chi connectivity index (χ2n) is 8.24. The smallest absolute Gasteiger partial charge is 0.263 e. The van der Waals surface area contributed by atoms with Gasteiger partial charge in [0.2, 0.25) is 5.91 Å². The minimum absolute atomic E-state index is 0.00715. The second kappa shape index (κ2) is 8.11. The predicted octanol–water partition coefficient (Wildman–Crippen LogP) is 4.44. The Bertz CT molecular complexity index is 1110. The Hall–Kier alpha value is -2.47. The number of aryl methyl sites for hydroxylation is 2. The molecule has 0 radical (unpaired) electrons. The van der Waals surface area contributed by atoms with Gasteiger partial charge in [-0.3, -0.25) is 14.2 Å². The fraction of sp³-hybridized carbons (Fsp3) is 0.435. The van der Waals surface area contributed by atoms with E-state index in [2.05, 4.69) is 43.2 Å². The summed E-state index contributed by atoms with van der Waals surface area (Å²) in [6, 6.07) is 6.42. The standard InChI is InChI=1S/C23H27N3O2S/c1-14-8-9-17(10-16(14)3)18-12-29-22-21(18)23(28)26(13-24-22)11-20(27)25-19-7-5-4-6-15(19)2/h8-10,12-13,15,19H,4-7,11H2,1-3H3,(H,25,27)/t15-,19-/m1/s1. The summed E-state index contributed by atoms with van der Waals surface area (Å²) < 4.78 is 1.43. The average molecular weight is 410 g/mol. The van der Waals surface area contributed by atoms with Gasteiger partial charge >= 0.3 is 0 Å². The maximum atomic E-state index is 13.2. The average Bonchev–Trinajstić information content (AvgIpc) is 3.13. The molecule has 1 saturated carbocycles. The topological polar surface area (TPSA) is 64.0 Å². The first-order valence-electron chi connectivity index (χ1n) is 10.3. The molecule has 0 aliphatic heterocycles. The van der Waals surface area contributed by atoms with Crippen molar-refractivity contribution in [3.05, 3.63) is 51.4 Å². The van der Waals surface area contributed by atoms with Gasteiger partial charge in [0.25, 0.3) is 5.56 Å². The van der Waals surface area contributed by atoms with Gasteiger partial charge in [0.05, 0.1) is 11.7 Å². The molecule has 152 valence electrons. The van der Waals surface area contributed by atoms with Gasteiger partial charge in [0.1, 0.15) is 11.4 Å². The SMILES string of the molecule is Cc1ccc(-c2csc3ncn(CC(=O)N[C@@H]4CCCC[C@H]4C)c(=O)c23)cc1C. The van der Waals surface area contributed by atoms with Crippen LogP contribution < -0.4 is 10.9 Å². The van der Waals surface area contributed by atoms with Gasteiger partial charge in [-0.15, -0.1) is 11.3 Å². The van der Waals surface area contributed by atoms with Gasteiger partial charge < -0.3 is 5.32 Å². The number of hydrogen-bond donors (Lipinski definition) is 1. The van der Waals surface area contributed by atoms with Crippen molar-refractivity contribution >= 4 is 27.5 Å². The lowest BCUT2D eigenvalue weighted by Crippen LogP contribution is -2.43. The van der Waals surface area contributed by atoms with E-state index in [0.717, 1.165) is 30.4 Å². The monoisotopic (exact) mass is 409 g/mol. The number of thiophene rings is 1. The molecule has 1 amide bonds. The van der Waals surface area contributed by atoms with Crippen LogP contribution in [0.4, 0.5) is 0 Å². The molecule has 0 spiro atoms. The Morgan fingerprint density at radius 2 is 2.03 bits per heavy atom. The van der Waals surface area contributed by atoms with Crippen molar-refractivity contribution in [3.63, 3.8) is 0 Å². The minimum Gasteiger partial charge on any atom is -0.352 e. The van der Waals surface area contributed by atoms with Crippen LogP contribution in [0.15, 0.2) is 34.7 Å². The van der Waals surface area contributed by atoms with Crippen LogP contribution in [0.2, 0.25) is 0 Å². The van der Waals surface area contributed by atoms with Gasteiger partial charge in [0, 0.05) is 17.0 Å². The summed E-state index contributed by atoms with van der Waals surface area (Å²) in [5.41, 5.74) is 4.15. The Labute approximate surface area is 174 Å². The molecule has 1 aromatic carbocycles. The molecule has 1 N–H and O–H groups in total. The predicted molar refractivity (Wildman–Crippen MR) is 118 cm³/mol. The summed E-state index contributed by atoms with van der Waals surface area (Å²) in [6.45, 7) is 6.34. The largest absolute Gasteiger partial charge is 0.352 e. The third-order valence-electron chi connectivity index (χ3n) is 6.15. The number of nitrogens with one attached hydrogen (secondary N) is 1. The van der Waals surface area contributed by atoms with Crippen LogP contribution in [-0.2, 0) is 11.3 Å². The first kappa shape index (κ1) is 19.8. The van der Waals surface area contributed by atoms with E-state index >= 15 is 0 Å². The van der Waals surface area contributed by atoms with E-state index in [1.165, 1.54) is 39.8 Å². The molecule has 29 heavy (non-hydrogen) atoms. The third kappa shape index (κ3) is 3.99. The highest BCUT2D eigenvalue weighted by atomic mass is 32.1. The number of amides is 1. The summed E-state index contributed by atoms with van der Waals surface area (Å²) in [4.78, 5) is 30.9. The number of hydrogen-bond acceptors (Lipinski definition) is 4. The zero-order chi connectivity index (χ0) is 20.5. The highest BCUT2D eigenvalue weighted by molar-refractivity contribution is 7.17. The highest BCUT2D eigenvalue weighted by Gasteiger charge is 2.23. The lowest BCUT2D eigenvalue weighted by atomic mass is 9.86. The Morgan fingerprint density at radius 3 is 2.79 bits per heavy atom. The van der Waals surface area contributed by atoms with Crippen LogP contribution in [-0.4, -0.2) is 21.5 Å². The third-order valence-corrected chi connectivity index (χ3v) is 7.04. The van der Waals surface area contributed by atoms with E-state index in [9.17, 15) is 9.59 Å². The van der Waals surface area contributed by atoms with Crippen molar-refractivity contribution in [1.82, 2.24) is 14.9 Å². The molecular formula is C23H27N3O2S. The maximum Gasteiger partial charge on any atom is 0.263 e. The number of fused-ring (bicyclic) bond motifs is 1. The molecule has 2 heterocycles. The van der Waals surface area contributed by atoms with Crippen LogP contribution >= 0.6 is 11.3 Å². The fourth-order valence-corrected chi connectivity index (χ4v) is 5.05. The molecule has 3 aromatic rings. The lowest BCUT2D eigenvalue weighted by Gasteiger charge is -2.29. The van der Waals surface area contributed by atoms with Crippen molar-refractivity contribution < 1.29 is 4.79 Å². The van der Waals surface area contributed by atoms with E-state index in [0.29, 0.717) is 16.1 Å². The molecule has 1 aliphatic rings. The van der Waals surface area contributed by atoms with E-state index in [-0.39, 0.29) is 24.1 Å². The van der Waals surface area contributed by atoms with Crippen molar-refractivity contribution in [3.8, 4) is 11.1 Å². The minimum atomic E-state index is -0.156. The Balaban J connectivity index is 1.62. The first-order valence-corrected chi connectivity index (χ1v) is 11.2. The van der Waals surface area contributed by atoms with Gasteiger partial charge in [-0.05, 0) is 49.3 Å². The number of carbonyl (C=O) groups excluding carboxylic acids is 1. The first-order chi connectivity index (χ1) is 13.9. The van der Waals surface area contributed by atoms with Gasteiger partial charge in [-0.1, -0.05) is 38.0 Å². The second-order valence-corrected chi connectivity index (χ2v) is 9.10. The maximum absolute atomic E-state index is 13.2.